The van der Waals surface area contributed by atoms with Crippen LogP contribution in [0.15, 0.2) is 54.1 Å². The maximum atomic E-state index is 13.8. The number of aliphatic hydroxyl groups is 1. The summed E-state index contributed by atoms with van der Waals surface area (Å²) in [6.07, 6.45) is 1.87. The van der Waals surface area contributed by atoms with Gasteiger partial charge in [0.25, 0.3) is 5.78 Å². The van der Waals surface area contributed by atoms with Crippen LogP contribution in [0.4, 0.5) is 5.13 Å². The second-order valence-corrected chi connectivity index (χ2v) is 11.8. The zero-order chi connectivity index (χ0) is 31.0. The first-order valence-electron chi connectivity index (χ1n) is 14.8. The molecule has 0 saturated carbocycles. The van der Waals surface area contributed by atoms with E-state index in [0.29, 0.717) is 65.7 Å². The molecule has 6 rings (SSSR count). The molecule has 0 aliphatic carbocycles. The van der Waals surface area contributed by atoms with Crippen LogP contribution in [0.1, 0.15) is 55.0 Å². The molecule has 1 atom stereocenters. The van der Waals surface area contributed by atoms with Gasteiger partial charge in [0.15, 0.2) is 28.1 Å². The fraction of sp³-hybridized carbons (Fsp3) is 0.324. The predicted octanol–water partition coefficient (Wildman–Crippen LogP) is 6.89. The number of amides is 1. The number of Topliss-reactive ketones (excluding diaryl/α,β-unsaturated/α-hetero) is 1. The van der Waals surface area contributed by atoms with Crippen LogP contribution in [-0.2, 0) is 9.59 Å². The monoisotopic (exact) mass is 614 g/mol. The van der Waals surface area contributed by atoms with E-state index in [-0.39, 0.29) is 11.3 Å². The number of nitrogens with zero attached hydrogens (tertiary/aromatic N) is 2. The highest BCUT2D eigenvalue weighted by Gasteiger charge is 2.48. The zero-order valence-electron chi connectivity index (χ0n) is 25.1. The molecule has 3 heterocycles. The van der Waals surface area contributed by atoms with Gasteiger partial charge in [-0.15, -0.1) is 0 Å². The molecule has 1 unspecified atom stereocenters. The number of fused-ring (bicyclic) bond motifs is 2. The van der Waals surface area contributed by atoms with E-state index in [2.05, 4.69) is 6.92 Å². The third-order valence-electron chi connectivity index (χ3n) is 7.62. The molecule has 2 aliphatic heterocycles. The molecule has 3 aromatic carbocycles. The predicted molar refractivity (Wildman–Crippen MR) is 169 cm³/mol. The Kier molecular flexibility index (Phi) is 8.18. The zero-order valence-corrected chi connectivity index (χ0v) is 26.0. The van der Waals surface area contributed by atoms with Gasteiger partial charge in [0.05, 0.1) is 35.0 Å². The van der Waals surface area contributed by atoms with Crippen LogP contribution < -0.4 is 23.8 Å². The number of aliphatic hydroxyl groups excluding tert-OH is 1. The Morgan fingerprint density at radius 3 is 2.57 bits per heavy atom. The van der Waals surface area contributed by atoms with E-state index < -0.39 is 17.7 Å². The Morgan fingerprint density at radius 1 is 1.00 bits per heavy atom. The molecule has 9 nitrogen and oxygen atoms in total. The van der Waals surface area contributed by atoms with E-state index in [1.807, 2.05) is 32.9 Å². The Hall–Kier alpha value is -4.57. The van der Waals surface area contributed by atoms with E-state index in [9.17, 15) is 14.7 Å². The topological polar surface area (TPSA) is 107 Å². The van der Waals surface area contributed by atoms with E-state index in [4.69, 9.17) is 23.9 Å². The van der Waals surface area contributed by atoms with Gasteiger partial charge in [-0.3, -0.25) is 14.5 Å². The van der Waals surface area contributed by atoms with Crippen molar-refractivity contribution in [2.45, 2.75) is 46.6 Å². The highest BCUT2D eigenvalue weighted by Crippen LogP contribution is 2.47. The van der Waals surface area contributed by atoms with Crippen molar-refractivity contribution in [1.29, 1.82) is 0 Å². The number of ketones is 1. The summed E-state index contributed by atoms with van der Waals surface area (Å²) in [5.41, 5.74) is 3.65. The maximum absolute atomic E-state index is 13.8. The van der Waals surface area contributed by atoms with E-state index >= 15 is 0 Å². The number of thiazole rings is 1. The molecule has 228 valence electrons. The summed E-state index contributed by atoms with van der Waals surface area (Å²) in [5.74, 6) is 0.155. The first-order chi connectivity index (χ1) is 21.3. The number of benzene rings is 3. The molecule has 0 radical (unpaired) electrons. The van der Waals surface area contributed by atoms with Crippen molar-refractivity contribution in [1.82, 2.24) is 4.98 Å². The minimum absolute atomic E-state index is 0.0547. The van der Waals surface area contributed by atoms with Crippen molar-refractivity contribution in [3.05, 3.63) is 76.4 Å². The van der Waals surface area contributed by atoms with Gasteiger partial charge in [-0.2, -0.15) is 0 Å². The van der Waals surface area contributed by atoms with Crippen LogP contribution in [0.5, 0.6) is 23.0 Å². The smallest absolute Gasteiger partial charge is 0.301 e. The highest BCUT2D eigenvalue weighted by atomic mass is 32.1. The summed E-state index contributed by atoms with van der Waals surface area (Å²) in [6, 6.07) is 13.4. The van der Waals surface area contributed by atoms with Gasteiger partial charge in [-0.1, -0.05) is 36.8 Å². The number of carbonyl (C=O) groups is 2. The summed E-state index contributed by atoms with van der Waals surface area (Å²) in [7, 11) is 0. The highest BCUT2D eigenvalue weighted by molar-refractivity contribution is 7.22. The van der Waals surface area contributed by atoms with Crippen LogP contribution in [0.2, 0.25) is 0 Å². The molecule has 1 amide bonds. The molecule has 10 heteroatoms. The van der Waals surface area contributed by atoms with Gasteiger partial charge < -0.3 is 24.1 Å². The van der Waals surface area contributed by atoms with Crippen LogP contribution in [0.25, 0.3) is 16.0 Å². The molecule has 0 bridgehead atoms. The first-order valence-corrected chi connectivity index (χ1v) is 15.6. The number of rotatable bonds is 9. The molecular weight excluding hydrogens is 580 g/mol. The summed E-state index contributed by atoms with van der Waals surface area (Å²) in [4.78, 5) is 33.9. The third-order valence-corrected chi connectivity index (χ3v) is 8.63. The van der Waals surface area contributed by atoms with Crippen LogP contribution in [0, 0.1) is 13.8 Å². The largest absolute Gasteiger partial charge is 0.507 e. The van der Waals surface area contributed by atoms with Gasteiger partial charge in [0.2, 0.25) is 0 Å². The number of hydrogen-bond acceptors (Lipinski definition) is 9. The molecular formula is C34H34N2O7S. The molecule has 4 aromatic rings. The molecule has 44 heavy (non-hydrogen) atoms. The van der Waals surface area contributed by atoms with Gasteiger partial charge in [0.1, 0.15) is 19.0 Å². The van der Waals surface area contributed by atoms with E-state index in [1.54, 1.807) is 36.4 Å². The minimum atomic E-state index is -0.978. The molecule has 1 aromatic heterocycles. The molecule has 0 spiro atoms. The fourth-order valence-corrected chi connectivity index (χ4v) is 6.73. The maximum Gasteiger partial charge on any atom is 0.301 e. The summed E-state index contributed by atoms with van der Waals surface area (Å²) >= 11 is 1.33. The van der Waals surface area contributed by atoms with E-state index in [0.717, 1.165) is 34.2 Å². The van der Waals surface area contributed by atoms with Crippen molar-refractivity contribution in [3.63, 3.8) is 0 Å². The quantitative estimate of drug-likeness (QED) is 0.0940. The molecule has 1 saturated heterocycles. The lowest BCUT2D eigenvalue weighted by atomic mass is 9.95. The summed E-state index contributed by atoms with van der Waals surface area (Å²) in [6.45, 7) is 9.65. The average Bonchev–Trinajstić information content (AvgIpc) is 3.55. The standard InChI is InChI=1S/C34H34N2O7S/c1-5-7-12-41-23-10-8-21(17-25(23)40-6-2)30-28(31(37)22-9-11-24-26(18-22)43-14-13-42-24)32(38)33(39)36(30)34-35-29-20(4)15-19(3)16-27(29)44-34/h8-11,15-18,30,37H,5-7,12-14H2,1-4H3. The Morgan fingerprint density at radius 2 is 1.80 bits per heavy atom. The molecule has 2 aliphatic rings. The number of carbonyl (C=O) groups excluding carboxylic acids is 2. The summed E-state index contributed by atoms with van der Waals surface area (Å²) < 4.78 is 24.2. The fourth-order valence-electron chi connectivity index (χ4n) is 5.56. The van der Waals surface area contributed by atoms with Gasteiger partial charge in [-0.25, -0.2) is 4.98 Å². The summed E-state index contributed by atoms with van der Waals surface area (Å²) in [5, 5.41) is 12.1. The lowest BCUT2D eigenvalue weighted by Gasteiger charge is -2.24. The van der Waals surface area contributed by atoms with Crippen molar-refractivity contribution in [3.8, 4) is 23.0 Å². The van der Waals surface area contributed by atoms with Crippen molar-refractivity contribution < 1.29 is 33.6 Å². The van der Waals surface area contributed by atoms with Crippen LogP contribution in [0.3, 0.4) is 0 Å². The van der Waals surface area contributed by atoms with Crippen molar-refractivity contribution >= 4 is 44.1 Å². The second kappa shape index (κ2) is 12.2. The Bertz CT molecular complexity index is 1790. The number of aryl methyl sites for hydroxylation is 2. The number of hydrogen-bond donors (Lipinski definition) is 1. The van der Waals surface area contributed by atoms with E-state index in [1.165, 1.54) is 16.2 Å². The minimum Gasteiger partial charge on any atom is -0.507 e. The lowest BCUT2D eigenvalue weighted by Crippen LogP contribution is -2.29. The Labute approximate surface area is 259 Å². The van der Waals surface area contributed by atoms with Gasteiger partial charge in [0, 0.05) is 5.56 Å². The molecule has 1 fully saturated rings. The third kappa shape index (κ3) is 5.34. The number of aromatic nitrogens is 1. The van der Waals surface area contributed by atoms with Crippen LogP contribution in [-0.4, -0.2) is 48.2 Å². The second-order valence-electron chi connectivity index (χ2n) is 10.8. The number of anilines is 1. The molecule has 1 N–H and O–H groups in total. The van der Waals surface area contributed by atoms with Crippen molar-refractivity contribution in [2.75, 3.05) is 31.3 Å². The number of unbranched alkanes of at least 4 members (excludes halogenated alkanes) is 1. The first kappa shape index (κ1) is 29.5. The van der Waals surface area contributed by atoms with Crippen molar-refractivity contribution in [2.24, 2.45) is 0 Å². The van der Waals surface area contributed by atoms with Gasteiger partial charge >= 0.3 is 5.91 Å². The lowest BCUT2D eigenvalue weighted by molar-refractivity contribution is -0.132. The number of ether oxygens (including phenoxy) is 4. The average molecular weight is 615 g/mol. The Balaban J connectivity index is 1.53. The normalized spacial score (nSPS) is 17.4. The van der Waals surface area contributed by atoms with Crippen LogP contribution >= 0.6 is 11.3 Å². The SMILES string of the molecule is CCCCOc1ccc(C2C(=C(O)c3ccc4c(c3)OCCO4)C(=O)C(=O)N2c2nc3c(C)cc(C)cc3s2)cc1OCC. The van der Waals surface area contributed by atoms with Gasteiger partial charge in [-0.05, 0) is 80.3 Å².